The Morgan fingerprint density at radius 1 is 0.857 bits per heavy atom. The van der Waals surface area contributed by atoms with Gasteiger partial charge >= 0.3 is 0 Å². The molecule has 3 aromatic rings. The topological polar surface area (TPSA) is 49.4 Å². The largest absolute Gasteiger partial charge is 0.326 e. The molecule has 142 valence electrons. The molecule has 0 saturated carbocycles. The minimum absolute atomic E-state index is 0.0777. The second kappa shape index (κ2) is 9.51. The number of rotatable bonds is 8. The molecule has 0 aromatic heterocycles. The van der Waals surface area contributed by atoms with Crippen LogP contribution >= 0.6 is 0 Å². The zero-order valence-electron chi connectivity index (χ0n) is 16.0. The van der Waals surface area contributed by atoms with E-state index in [2.05, 4.69) is 23.5 Å². The highest BCUT2D eigenvalue weighted by molar-refractivity contribution is 5.92. The van der Waals surface area contributed by atoms with E-state index in [-0.39, 0.29) is 12.3 Å². The summed E-state index contributed by atoms with van der Waals surface area (Å²) in [6.45, 7) is 0. The first kappa shape index (κ1) is 19.4. The Hall–Kier alpha value is -3.40. The number of carbonyl (C=O) groups is 2. The molecule has 0 fully saturated rings. The normalized spacial score (nSPS) is 10.3. The van der Waals surface area contributed by atoms with Crippen LogP contribution in [0.4, 0.5) is 11.4 Å². The Morgan fingerprint density at radius 2 is 1.54 bits per heavy atom. The van der Waals surface area contributed by atoms with Crippen LogP contribution in [0.1, 0.15) is 16.7 Å². The van der Waals surface area contributed by atoms with Crippen molar-refractivity contribution in [2.45, 2.75) is 19.3 Å². The average Bonchev–Trinajstić information content (AvgIpc) is 2.73. The second-order valence-electron chi connectivity index (χ2n) is 6.80. The molecular formula is C24H24N2O2. The van der Waals surface area contributed by atoms with Crippen LogP contribution in [-0.4, -0.2) is 19.4 Å². The number of benzene rings is 3. The third kappa shape index (κ3) is 5.55. The smallest absolute Gasteiger partial charge is 0.228 e. The number of hydrogen-bond donors (Lipinski definition) is 1. The fourth-order valence-electron chi connectivity index (χ4n) is 3.08. The maximum Gasteiger partial charge on any atom is 0.228 e. The van der Waals surface area contributed by atoms with Crippen LogP contribution in [-0.2, 0) is 28.9 Å². The van der Waals surface area contributed by atoms with Crippen LogP contribution in [0.2, 0.25) is 0 Å². The molecule has 2 amide bonds. The van der Waals surface area contributed by atoms with Crippen LogP contribution in [0.5, 0.6) is 0 Å². The van der Waals surface area contributed by atoms with Crippen molar-refractivity contribution in [1.29, 1.82) is 0 Å². The Balaban J connectivity index is 1.59. The first-order valence-corrected chi connectivity index (χ1v) is 9.34. The van der Waals surface area contributed by atoms with E-state index in [0.717, 1.165) is 36.2 Å². The van der Waals surface area contributed by atoms with Gasteiger partial charge in [0.05, 0.1) is 6.42 Å². The number of nitrogens with zero attached hydrogens (tertiary/aromatic N) is 1. The minimum Gasteiger partial charge on any atom is -0.326 e. The highest BCUT2D eigenvalue weighted by atomic mass is 16.1. The van der Waals surface area contributed by atoms with Crippen molar-refractivity contribution >= 4 is 23.7 Å². The summed E-state index contributed by atoms with van der Waals surface area (Å²) in [6.07, 6.45) is 2.90. The lowest BCUT2D eigenvalue weighted by molar-refractivity contribution is -0.115. The number of hydrogen-bond acceptors (Lipinski definition) is 2. The number of anilines is 2. The summed E-state index contributed by atoms with van der Waals surface area (Å²) in [5, 5.41) is 2.97. The zero-order valence-corrected chi connectivity index (χ0v) is 16.0. The molecule has 0 unspecified atom stereocenters. The van der Waals surface area contributed by atoms with E-state index < -0.39 is 0 Å². The van der Waals surface area contributed by atoms with Gasteiger partial charge in [0.15, 0.2) is 0 Å². The summed E-state index contributed by atoms with van der Waals surface area (Å²) < 4.78 is 0. The first-order chi connectivity index (χ1) is 13.6. The third-order valence-electron chi connectivity index (χ3n) is 4.60. The molecule has 0 atom stereocenters. The van der Waals surface area contributed by atoms with Crippen LogP contribution in [0.3, 0.4) is 0 Å². The molecule has 0 radical (unpaired) electrons. The molecular weight excluding hydrogens is 348 g/mol. The molecule has 0 aliphatic heterocycles. The third-order valence-corrected chi connectivity index (χ3v) is 4.60. The van der Waals surface area contributed by atoms with Crippen molar-refractivity contribution in [3.05, 3.63) is 95.6 Å². The lowest BCUT2D eigenvalue weighted by Gasteiger charge is -2.12. The van der Waals surface area contributed by atoms with E-state index in [9.17, 15) is 9.59 Å². The van der Waals surface area contributed by atoms with Crippen molar-refractivity contribution < 1.29 is 9.59 Å². The van der Waals surface area contributed by atoms with Gasteiger partial charge in [-0.15, -0.1) is 0 Å². The molecule has 1 N–H and O–H groups in total. The van der Waals surface area contributed by atoms with Crippen molar-refractivity contribution in [3.63, 3.8) is 0 Å². The molecule has 0 aliphatic carbocycles. The summed E-state index contributed by atoms with van der Waals surface area (Å²) in [7, 11) is 1.69. The van der Waals surface area contributed by atoms with Crippen molar-refractivity contribution in [2.24, 2.45) is 0 Å². The van der Waals surface area contributed by atoms with Gasteiger partial charge in [-0.2, -0.15) is 0 Å². The average molecular weight is 372 g/mol. The van der Waals surface area contributed by atoms with E-state index >= 15 is 0 Å². The van der Waals surface area contributed by atoms with Crippen molar-refractivity contribution in [2.75, 3.05) is 17.3 Å². The number of carbonyl (C=O) groups excluding carboxylic acids is 2. The molecule has 0 aliphatic rings. The van der Waals surface area contributed by atoms with Gasteiger partial charge in [-0.1, -0.05) is 54.6 Å². The van der Waals surface area contributed by atoms with Gasteiger partial charge in [0, 0.05) is 18.4 Å². The highest BCUT2D eigenvalue weighted by Gasteiger charge is 2.07. The maximum atomic E-state index is 12.4. The Labute approximate surface area is 165 Å². The van der Waals surface area contributed by atoms with Gasteiger partial charge in [-0.3, -0.25) is 9.59 Å². The van der Waals surface area contributed by atoms with E-state index in [4.69, 9.17) is 0 Å². The Kier molecular flexibility index (Phi) is 6.58. The summed E-state index contributed by atoms with van der Waals surface area (Å²) in [5.41, 5.74) is 4.93. The summed E-state index contributed by atoms with van der Waals surface area (Å²) in [4.78, 5) is 24.8. The molecule has 0 heterocycles. The van der Waals surface area contributed by atoms with Gasteiger partial charge in [0.25, 0.3) is 0 Å². The lowest BCUT2D eigenvalue weighted by Crippen LogP contribution is -2.16. The molecule has 4 heteroatoms. The van der Waals surface area contributed by atoms with Gasteiger partial charge in [-0.25, -0.2) is 0 Å². The van der Waals surface area contributed by atoms with E-state index in [1.54, 1.807) is 7.05 Å². The minimum atomic E-state index is -0.0777. The molecule has 4 nitrogen and oxygen atoms in total. The number of aryl methyl sites for hydroxylation is 2. The first-order valence-electron chi connectivity index (χ1n) is 9.34. The predicted molar refractivity (Wildman–Crippen MR) is 114 cm³/mol. The molecule has 0 bridgehead atoms. The lowest BCUT2D eigenvalue weighted by atomic mass is 10.0. The van der Waals surface area contributed by atoms with E-state index in [1.807, 2.05) is 60.7 Å². The van der Waals surface area contributed by atoms with Crippen LogP contribution in [0.25, 0.3) is 0 Å². The SMILES string of the molecule is CN(C=O)c1cccc(CC(=O)Nc2cccc(CCc3ccccc3)c2)c1. The van der Waals surface area contributed by atoms with Gasteiger partial charge in [-0.05, 0) is 53.8 Å². The summed E-state index contributed by atoms with van der Waals surface area (Å²) in [6, 6.07) is 25.8. The standard InChI is InChI=1S/C24H24N2O2/c1-26(18-27)23-12-6-10-21(16-23)17-24(28)25-22-11-5-9-20(15-22)14-13-19-7-3-2-4-8-19/h2-12,15-16,18H,13-14,17H2,1H3,(H,25,28). The monoisotopic (exact) mass is 372 g/mol. The fraction of sp³-hybridized carbons (Fsp3) is 0.167. The van der Waals surface area contributed by atoms with Crippen LogP contribution in [0.15, 0.2) is 78.9 Å². The summed E-state index contributed by atoms with van der Waals surface area (Å²) in [5.74, 6) is -0.0777. The van der Waals surface area contributed by atoms with E-state index in [1.165, 1.54) is 16.0 Å². The van der Waals surface area contributed by atoms with Crippen LogP contribution in [0, 0.1) is 0 Å². The predicted octanol–water partition coefficient (Wildman–Crippen LogP) is 4.25. The maximum absolute atomic E-state index is 12.4. The molecule has 3 rings (SSSR count). The van der Waals surface area contributed by atoms with Gasteiger partial charge < -0.3 is 10.2 Å². The molecule has 28 heavy (non-hydrogen) atoms. The zero-order chi connectivity index (χ0) is 19.8. The highest BCUT2D eigenvalue weighted by Crippen LogP contribution is 2.16. The van der Waals surface area contributed by atoms with Gasteiger partial charge in [0.1, 0.15) is 0 Å². The second-order valence-corrected chi connectivity index (χ2v) is 6.80. The summed E-state index contributed by atoms with van der Waals surface area (Å²) >= 11 is 0. The van der Waals surface area contributed by atoms with Crippen molar-refractivity contribution in [3.8, 4) is 0 Å². The fourth-order valence-corrected chi connectivity index (χ4v) is 3.08. The number of nitrogens with one attached hydrogen (secondary N) is 1. The quantitative estimate of drug-likeness (QED) is 0.601. The number of amides is 2. The Bertz CT molecular complexity index is 938. The molecule has 3 aromatic carbocycles. The Morgan fingerprint density at radius 3 is 2.32 bits per heavy atom. The van der Waals surface area contributed by atoms with Gasteiger partial charge in [0.2, 0.25) is 12.3 Å². The molecule has 0 saturated heterocycles. The van der Waals surface area contributed by atoms with E-state index in [0.29, 0.717) is 0 Å². The molecule has 0 spiro atoms. The van der Waals surface area contributed by atoms with Crippen molar-refractivity contribution in [1.82, 2.24) is 0 Å². The van der Waals surface area contributed by atoms with Crippen LogP contribution < -0.4 is 10.2 Å².